The molecule has 0 bridgehead atoms. The van der Waals surface area contributed by atoms with Crippen LogP contribution in [0.5, 0.6) is 11.8 Å². The Kier molecular flexibility index (Phi) is 3.63. The number of carbonyl (C=O) groups is 1. The molecule has 0 saturated carbocycles. The number of carboxylic acid groups (broad SMARTS) is 1. The predicted octanol–water partition coefficient (Wildman–Crippen LogP) is 1.74. The summed E-state index contributed by atoms with van der Waals surface area (Å²) < 4.78 is 6.12. The van der Waals surface area contributed by atoms with Gasteiger partial charge in [-0.25, -0.2) is 14.8 Å². The number of hydrogen-bond acceptors (Lipinski definition) is 6. The van der Waals surface area contributed by atoms with E-state index in [-0.39, 0.29) is 17.3 Å². The first-order valence-corrected chi connectivity index (χ1v) is 6.58. The lowest BCUT2D eigenvalue weighted by Crippen LogP contribution is -2.08. The van der Waals surface area contributed by atoms with Crippen LogP contribution in [0.25, 0.3) is 16.9 Å². The summed E-state index contributed by atoms with van der Waals surface area (Å²) in [4.78, 5) is 19.3. The molecule has 0 radical (unpaired) electrons. The second kappa shape index (κ2) is 5.76. The first-order chi connectivity index (χ1) is 11.1. The smallest absolute Gasteiger partial charge is 0.339 e. The molecule has 0 amide bonds. The molecule has 3 aromatic rings. The number of pyridine rings is 2. The lowest BCUT2D eigenvalue weighted by atomic mass is 10.1. The van der Waals surface area contributed by atoms with Gasteiger partial charge in [0.05, 0.1) is 18.9 Å². The van der Waals surface area contributed by atoms with Gasteiger partial charge in [0.2, 0.25) is 11.8 Å². The van der Waals surface area contributed by atoms with E-state index in [4.69, 9.17) is 4.74 Å². The topological polar surface area (TPSA) is 110 Å². The number of ether oxygens (including phenoxy) is 1. The standard InChI is InChI=1S/C15H12N4O4/c1-23-12-7-9(4-6-16-12)11-8-18-19(14(11)20)13-10(15(21)22)3-2-5-17-13/h2-8,20H,1H3,(H,21,22). The third-order valence-corrected chi connectivity index (χ3v) is 3.22. The Bertz CT molecular complexity index is 875. The van der Waals surface area contributed by atoms with Gasteiger partial charge in [0.1, 0.15) is 5.56 Å². The maximum atomic E-state index is 11.3. The van der Waals surface area contributed by atoms with Crippen LogP contribution in [0.1, 0.15) is 10.4 Å². The van der Waals surface area contributed by atoms with E-state index in [1.807, 2.05) is 0 Å². The molecule has 0 atom stereocenters. The van der Waals surface area contributed by atoms with Gasteiger partial charge in [-0.1, -0.05) is 0 Å². The van der Waals surface area contributed by atoms with Gasteiger partial charge in [0, 0.05) is 18.5 Å². The van der Waals surface area contributed by atoms with Gasteiger partial charge in [0.15, 0.2) is 5.82 Å². The van der Waals surface area contributed by atoms with Crippen molar-refractivity contribution in [3.8, 4) is 28.7 Å². The zero-order chi connectivity index (χ0) is 16.4. The summed E-state index contributed by atoms with van der Waals surface area (Å²) in [5.74, 6) is -0.960. The summed E-state index contributed by atoms with van der Waals surface area (Å²) in [6.07, 6.45) is 4.39. The van der Waals surface area contributed by atoms with Gasteiger partial charge in [0.25, 0.3) is 0 Å². The first-order valence-electron chi connectivity index (χ1n) is 6.58. The van der Waals surface area contributed by atoms with Crippen LogP contribution in [0.15, 0.2) is 42.9 Å². The van der Waals surface area contributed by atoms with E-state index in [1.54, 1.807) is 12.1 Å². The molecule has 23 heavy (non-hydrogen) atoms. The lowest BCUT2D eigenvalue weighted by molar-refractivity contribution is 0.0696. The molecule has 3 heterocycles. The van der Waals surface area contributed by atoms with E-state index in [0.29, 0.717) is 17.0 Å². The number of aromatic nitrogens is 4. The molecule has 0 saturated heterocycles. The zero-order valence-electron chi connectivity index (χ0n) is 12.0. The van der Waals surface area contributed by atoms with Crippen LogP contribution in [0.4, 0.5) is 0 Å². The molecule has 0 aliphatic carbocycles. The average molecular weight is 312 g/mol. The van der Waals surface area contributed by atoms with Crippen molar-refractivity contribution < 1.29 is 19.7 Å². The molecule has 0 fully saturated rings. The fourth-order valence-corrected chi connectivity index (χ4v) is 2.12. The largest absolute Gasteiger partial charge is 0.493 e. The number of methoxy groups -OCH3 is 1. The third-order valence-electron chi connectivity index (χ3n) is 3.22. The minimum Gasteiger partial charge on any atom is -0.493 e. The Morgan fingerprint density at radius 1 is 1.26 bits per heavy atom. The molecular weight excluding hydrogens is 300 g/mol. The predicted molar refractivity (Wildman–Crippen MR) is 79.8 cm³/mol. The highest BCUT2D eigenvalue weighted by molar-refractivity contribution is 5.91. The van der Waals surface area contributed by atoms with Crippen molar-refractivity contribution >= 4 is 5.97 Å². The van der Waals surface area contributed by atoms with Crippen molar-refractivity contribution in [3.05, 3.63) is 48.4 Å². The number of rotatable bonds is 4. The second-order valence-corrected chi connectivity index (χ2v) is 4.56. The van der Waals surface area contributed by atoms with Gasteiger partial charge < -0.3 is 14.9 Å². The zero-order valence-corrected chi connectivity index (χ0v) is 12.0. The van der Waals surface area contributed by atoms with Crippen molar-refractivity contribution in [2.24, 2.45) is 0 Å². The molecule has 0 aliphatic rings. The molecule has 8 nitrogen and oxygen atoms in total. The normalized spacial score (nSPS) is 10.5. The van der Waals surface area contributed by atoms with Gasteiger partial charge in [-0.3, -0.25) is 0 Å². The van der Waals surface area contributed by atoms with E-state index < -0.39 is 5.97 Å². The lowest BCUT2D eigenvalue weighted by Gasteiger charge is -2.06. The summed E-state index contributed by atoms with van der Waals surface area (Å²) >= 11 is 0. The number of aromatic hydroxyl groups is 1. The Balaban J connectivity index is 2.12. The molecule has 3 rings (SSSR count). The third kappa shape index (κ3) is 2.57. The fraction of sp³-hybridized carbons (Fsp3) is 0.0667. The van der Waals surface area contributed by atoms with Crippen LogP contribution in [-0.4, -0.2) is 43.0 Å². The van der Waals surface area contributed by atoms with Crippen LogP contribution in [-0.2, 0) is 0 Å². The summed E-state index contributed by atoms with van der Waals surface area (Å²) in [5.41, 5.74) is 0.978. The summed E-state index contributed by atoms with van der Waals surface area (Å²) in [5, 5.41) is 23.7. The van der Waals surface area contributed by atoms with E-state index in [2.05, 4.69) is 15.1 Å². The van der Waals surface area contributed by atoms with Crippen LogP contribution in [0.3, 0.4) is 0 Å². The molecule has 0 spiro atoms. The van der Waals surface area contributed by atoms with Crippen molar-refractivity contribution in [3.63, 3.8) is 0 Å². The van der Waals surface area contributed by atoms with Crippen molar-refractivity contribution in [1.29, 1.82) is 0 Å². The molecule has 8 heteroatoms. The molecule has 0 aromatic carbocycles. The Morgan fingerprint density at radius 2 is 2.09 bits per heavy atom. The van der Waals surface area contributed by atoms with Gasteiger partial charge in [-0.2, -0.15) is 9.78 Å². The van der Waals surface area contributed by atoms with Gasteiger partial charge in [-0.15, -0.1) is 0 Å². The van der Waals surface area contributed by atoms with Crippen LogP contribution >= 0.6 is 0 Å². The molecule has 2 N–H and O–H groups in total. The maximum Gasteiger partial charge on any atom is 0.339 e. The van der Waals surface area contributed by atoms with Crippen molar-refractivity contribution in [2.45, 2.75) is 0 Å². The van der Waals surface area contributed by atoms with E-state index in [1.165, 1.54) is 37.8 Å². The number of nitrogens with zero attached hydrogens (tertiary/aromatic N) is 4. The van der Waals surface area contributed by atoms with E-state index >= 15 is 0 Å². The SMILES string of the molecule is COc1cc(-c2cnn(-c3ncccc3C(=O)O)c2O)ccn1. The summed E-state index contributed by atoms with van der Waals surface area (Å²) in [6.45, 7) is 0. The van der Waals surface area contributed by atoms with Gasteiger partial charge >= 0.3 is 5.97 Å². The second-order valence-electron chi connectivity index (χ2n) is 4.56. The highest BCUT2D eigenvalue weighted by Gasteiger charge is 2.19. The maximum absolute atomic E-state index is 11.3. The monoisotopic (exact) mass is 312 g/mol. The van der Waals surface area contributed by atoms with E-state index in [0.717, 1.165) is 4.68 Å². The average Bonchev–Trinajstić information content (AvgIpc) is 2.96. The van der Waals surface area contributed by atoms with E-state index in [9.17, 15) is 15.0 Å². The molecule has 0 aliphatic heterocycles. The highest BCUT2D eigenvalue weighted by Crippen LogP contribution is 2.32. The first kappa shape index (κ1) is 14.5. The Labute approximate surface area is 130 Å². The van der Waals surface area contributed by atoms with Gasteiger partial charge in [-0.05, 0) is 23.8 Å². The van der Waals surface area contributed by atoms with Crippen LogP contribution in [0, 0.1) is 0 Å². The quantitative estimate of drug-likeness (QED) is 0.755. The van der Waals surface area contributed by atoms with Crippen molar-refractivity contribution in [2.75, 3.05) is 7.11 Å². The van der Waals surface area contributed by atoms with Crippen LogP contribution < -0.4 is 4.74 Å². The van der Waals surface area contributed by atoms with Crippen LogP contribution in [0.2, 0.25) is 0 Å². The number of carboxylic acids is 1. The Hall–Kier alpha value is -3.42. The van der Waals surface area contributed by atoms with Crippen molar-refractivity contribution in [1.82, 2.24) is 19.7 Å². The minimum absolute atomic E-state index is 0.0322. The number of hydrogen-bond donors (Lipinski definition) is 2. The molecule has 3 aromatic heterocycles. The summed E-state index contributed by atoms with van der Waals surface area (Å²) in [6, 6.07) is 6.21. The fourth-order valence-electron chi connectivity index (χ4n) is 2.12. The highest BCUT2D eigenvalue weighted by atomic mass is 16.5. The number of aromatic carboxylic acids is 1. The molecular formula is C15H12N4O4. The Morgan fingerprint density at radius 3 is 2.83 bits per heavy atom. The summed E-state index contributed by atoms with van der Waals surface area (Å²) in [7, 11) is 1.49. The molecule has 0 unspecified atom stereocenters. The molecule has 116 valence electrons. The minimum atomic E-state index is -1.16.